The Bertz CT molecular complexity index is 1040. The summed E-state index contributed by atoms with van der Waals surface area (Å²) in [5.41, 5.74) is 2.30. The van der Waals surface area contributed by atoms with Crippen molar-refractivity contribution in [3.63, 3.8) is 0 Å². The van der Waals surface area contributed by atoms with E-state index in [1.807, 2.05) is 0 Å². The Kier molecular flexibility index (Phi) is 7.66. The summed E-state index contributed by atoms with van der Waals surface area (Å²) in [5, 5.41) is 13.7. The molecule has 0 radical (unpaired) electrons. The zero-order chi connectivity index (χ0) is 25.0. The molecule has 2 unspecified atom stereocenters. The minimum atomic E-state index is -1.32. The van der Waals surface area contributed by atoms with Crippen LogP contribution in [0.4, 0.5) is 9.18 Å². The van der Waals surface area contributed by atoms with Gasteiger partial charge in [-0.15, -0.1) is 0 Å². The first-order chi connectivity index (χ1) is 16.1. The molecule has 0 spiro atoms. The van der Waals surface area contributed by atoms with Crippen molar-refractivity contribution in [2.24, 2.45) is 0 Å². The molecule has 5 amide bonds. The predicted octanol–water partition coefficient (Wildman–Crippen LogP) is 0.316. The van der Waals surface area contributed by atoms with Crippen molar-refractivity contribution in [1.82, 2.24) is 25.8 Å². The SMILES string of the molecule is O=CC(CC(=O)O)NC(=O)C1CCCN2C(=O)CCN(NC(=O)c3ccc(F)c(Cl)c3)C(=O)N12. The van der Waals surface area contributed by atoms with E-state index < -0.39 is 54.0 Å². The van der Waals surface area contributed by atoms with E-state index >= 15 is 0 Å². The Morgan fingerprint density at radius 2 is 2.00 bits per heavy atom. The van der Waals surface area contributed by atoms with Crippen LogP contribution in [-0.2, 0) is 19.2 Å². The molecule has 14 heteroatoms. The van der Waals surface area contributed by atoms with Crippen LogP contribution < -0.4 is 10.7 Å². The number of rotatable bonds is 7. The second kappa shape index (κ2) is 10.5. The van der Waals surface area contributed by atoms with Crippen LogP contribution in [0, 0.1) is 5.82 Å². The molecule has 1 aromatic carbocycles. The molecule has 182 valence electrons. The van der Waals surface area contributed by atoms with E-state index in [0.717, 1.165) is 33.2 Å². The normalized spacial score (nSPS) is 19.1. The number of nitrogens with zero attached hydrogens (tertiary/aromatic N) is 3. The minimum Gasteiger partial charge on any atom is -0.481 e. The Morgan fingerprint density at radius 3 is 2.65 bits per heavy atom. The molecule has 2 saturated heterocycles. The molecule has 3 rings (SSSR count). The lowest BCUT2D eigenvalue weighted by Gasteiger charge is -2.42. The number of urea groups is 1. The second-order valence-electron chi connectivity index (χ2n) is 7.62. The van der Waals surface area contributed by atoms with Gasteiger partial charge in [-0.1, -0.05) is 11.6 Å². The van der Waals surface area contributed by atoms with E-state index in [2.05, 4.69) is 10.7 Å². The van der Waals surface area contributed by atoms with Gasteiger partial charge in [0.2, 0.25) is 11.8 Å². The number of halogens is 2. The Hall–Kier alpha value is -3.74. The molecule has 0 saturated carbocycles. The lowest BCUT2D eigenvalue weighted by atomic mass is 10.1. The van der Waals surface area contributed by atoms with Gasteiger partial charge >= 0.3 is 12.0 Å². The molecule has 2 atom stereocenters. The lowest BCUT2D eigenvalue weighted by molar-refractivity contribution is -0.155. The standard InChI is InChI=1S/C20H21ClFN5O7/c21-13-8-11(3-4-14(13)22)18(32)24-25-7-5-16(29)26-6-1-2-15(27(26)20(25)34)19(33)23-12(10-28)9-17(30)31/h3-4,8,10,12,15H,1-2,5-7,9H2,(H,23,33)(H,24,32)(H,30,31). The summed E-state index contributed by atoms with van der Waals surface area (Å²) in [4.78, 5) is 73.4. The Labute approximate surface area is 197 Å². The summed E-state index contributed by atoms with van der Waals surface area (Å²) in [7, 11) is 0. The van der Waals surface area contributed by atoms with Gasteiger partial charge in [0.05, 0.1) is 24.0 Å². The van der Waals surface area contributed by atoms with Gasteiger partial charge in [-0.25, -0.2) is 24.2 Å². The van der Waals surface area contributed by atoms with Gasteiger partial charge in [-0.3, -0.25) is 24.6 Å². The summed E-state index contributed by atoms with van der Waals surface area (Å²) in [6.07, 6.45) is -0.0333. The monoisotopic (exact) mass is 497 g/mol. The van der Waals surface area contributed by atoms with Crippen molar-refractivity contribution in [2.45, 2.75) is 37.8 Å². The van der Waals surface area contributed by atoms with E-state index in [4.69, 9.17) is 16.7 Å². The smallest absolute Gasteiger partial charge is 0.358 e. The van der Waals surface area contributed by atoms with Crippen LogP contribution in [0.15, 0.2) is 18.2 Å². The average molecular weight is 498 g/mol. The van der Waals surface area contributed by atoms with Crippen molar-refractivity contribution in [3.05, 3.63) is 34.6 Å². The Balaban J connectivity index is 1.82. The van der Waals surface area contributed by atoms with Crippen LogP contribution in [0.5, 0.6) is 0 Å². The minimum absolute atomic E-state index is 0.0398. The number of hydrazine groups is 2. The third-order valence-corrected chi connectivity index (χ3v) is 5.56. The number of carbonyl (C=O) groups is 6. The molecular formula is C20H21ClFN5O7. The quantitative estimate of drug-likeness (QED) is 0.458. The fraction of sp³-hybridized carbons (Fsp3) is 0.400. The van der Waals surface area contributed by atoms with Gasteiger partial charge in [-0.2, -0.15) is 0 Å². The van der Waals surface area contributed by atoms with E-state index in [9.17, 15) is 33.2 Å². The third kappa shape index (κ3) is 5.42. The number of fused-ring (bicyclic) bond motifs is 1. The molecule has 12 nitrogen and oxygen atoms in total. The van der Waals surface area contributed by atoms with Crippen LogP contribution in [0.1, 0.15) is 36.0 Å². The van der Waals surface area contributed by atoms with Crippen LogP contribution in [0.25, 0.3) is 0 Å². The first-order valence-electron chi connectivity index (χ1n) is 10.3. The van der Waals surface area contributed by atoms with Crippen LogP contribution >= 0.6 is 11.6 Å². The summed E-state index contributed by atoms with van der Waals surface area (Å²) in [6, 6.07) is -0.205. The van der Waals surface area contributed by atoms with Gasteiger partial charge in [-0.05, 0) is 31.0 Å². The topological polar surface area (TPSA) is 156 Å². The largest absolute Gasteiger partial charge is 0.481 e. The number of benzene rings is 1. The maximum Gasteiger partial charge on any atom is 0.358 e. The predicted molar refractivity (Wildman–Crippen MR) is 112 cm³/mol. The van der Waals surface area contributed by atoms with Crippen LogP contribution in [0.2, 0.25) is 5.02 Å². The highest BCUT2D eigenvalue weighted by Gasteiger charge is 2.44. The van der Waals surface area contributed by atoms with Crippen molar-refractivity contribution in [2.75, 3.05) is 13.1 Å². The molecule has 0 bridgehead atoms. The highest BCUT2D eigenvalue weighted by atomic mass is 35.5. The molecule has 2 aliphatic rings. The van der Waals surface area contributed by atoms with E-state index in [1.165, 1.54) is 0 Å². The number of hydrogen-bond donors (Lipinski definition) is 3. The van der Waals surface area contributed by atoms with Crippen LogP contribution in [-0.4, -0.2) is 81.3 Å². The maximum absolute atomic E-state index is 13.4. The van der Waals surface area contributed by atoms with Crippen molar-refractivity contribution >= 4 is 47.6 Å². The molecule has 2 fully saturated rings. The van der Waals surface area contributed by atoms with Gasteiger partial charge in [0.25, 0.3) is 5.91 Å². The third-order valence-electron chi connectivity index (χ3n) is 5.27. The molecular weight excluding hydrogens is 477 g/mol. The first-order valence-corrected chi connectivity index (χ1v) is 10.6. The number of aliphatic carboxylic acids is 1. The maximum atomic E-state index is 13.4. The molecule has 3 N–H and O–H groups in total. The summed E-state index contributed by atoms with van der Waals surface area (Å²) in [6.45, 7) is -0.0500. The number of carbonyl (C=O) groups excluding carboxylic acids is 5. The van der Waals surface area contributed by atoms with Gasteiger partial charge < -0.3 is 15.2 Å². The van der Waals surface area contributed by atoms with E-state index in [1.54, 1.807) is 0 Å². The van der Waals surface area contributed by atoms with Gasteiger partial charge in [0.1, 0.15) is 18.1 Å². The van der Waals surface area contributed by atoms with E-state index in [0.29, 0.717) is 6.42 Å². The zero-order valence-electron chi connectivity index (χ0n) is 17.7. The first kappa shape index (κ1) is 24.9. The van der Waals surface area contributed by atoms with Crippen molar-refractivity contribution in [1.29, 1.82) is 0 Å². The highest BCUT2D eigenvalue weighted by molar-refractivity contribution is 6.31. The van der Waals surface area contributed by atoms with Crippen LogP contribution in [0.3, 0.4) is 0 Å². The zero-order valence-corrected chi connectivity index (χ0v) is 18.5. The van der Waals surface area contributed by atoms with Crippen molar-refractivity contribution < 1.29 is 38.3 Å². The highest BCUT2D eigenvalue weighted by Crippen LogP contribution is 2.24. The molecule has 1 aromatic rings. The number of amides is 5. The molecule has 2 aliphatic heterocycles. The number of carboxylic acids is 1. The Morgan fingerprint density at radius 1 is 1.26 bits per heavy atom. The number of nitrogens with one attached hydrogen (secondary N) is 2. The number of carboxylic acid groups (broad SMARTS) is 1. The molecule has 34 heavy (non-hydrogen) atoms. The fourth-order valence-corrected chi connectivity index (χ4v) is 3.82. The molecule has 0 aromatic heterocycles. The summed E-state index contributed by atoms with van der Waals surface area (Å²) < 4.78 is 13.4. The van der Waals surface area contributed by atoms with Crippen molar-refractivity contribution in [3.8, 4) is 0 Å². The fourth-order valence-electron chi connectivity index (χ4n) is 3.64. The van der Waals surface area contributed by atoms with Gasteiger partial charge in [0, 0.05) is 18.5 Å². The van der Waals surface area contributed by atoms with E-state index in [-0.39, 0.29) is 42.8 Å². The molecule has 2 heterocycles. The second-order valence-corrected chi connectivity index (χ2v) is 8.03. The summed E-state index contributed by atoms with van der Waals surface area (Å²) >= 11 is 5.70. The number of hydrogen-bond acceptors (Lipinski definition) is 6. The lowest BCUT2D eigenvalue weighted by Crippen LogP contribution is -2.64. The average Bonchev–Trinajstić information content (AvgIpc) is 2.92. The van der Waals surface area contributed by atoms with Gasteiger partial charge in [0.15, 0.2) is 0 Å². The summed E-state index contributed by atoms with van der Waals surface area (Å²) in [5.74, 6) is -4.12. The number of aldehydes is 1. The molecule has 0 aliphatic carbocycles.